The highest BCUT2D eigenvalue weighted by molar-refractivity contribution is 5.90. The number of amides is 2. The van der Waals surface area contributed by atoms with Gasteiger partial charge in [-0.05, 0) is 32.3 Å². The largest absolute Gasteiger partial charge is 0.350 e. The predicted molar refractivity (Wildman–Crippen MR) is 131 cm³/mol. The van der Waals surface area contributed by atoms with Gasteiger partial charge in [0.05, 0.1) is 6.20 Å². The molecule has 1 fully saturated rings. The highest BCUT2D eigenvalue weighted by atomic mass is 19.1. The Hall–Kier alpha value is -2.81. The van der Waals surface area contributed by atoms with E-state index in [4.69, 9.17) is 5.73 Å². The highest BCUT2D eigenvalue weighted by Gasteiger charge is 2.41. The van der Waals surface area contributed by atoms with Gasteiger partial charge in [0, 0.05) is 25.7 Å². The van der Waals surface area contributed by atoms with Crippen molar-refractivity contribution < 1.29 is 18.4 Å². The quantitative estimate of drug-likeness (QED) is 0.656. The molecule has 1 saturated heterocycles. The summed E-state index contributed by atoms with van der Waals surface area (Å²) in [6, 6.07) is 5.13. The van der Waals surface area contributed by atoms with Crippen LogP contribution in [-0.2, 0) is 23.2 Å². The zero-order chi connectivity index (χ0) is 26.1. The molecule has 1 aromatic carbocycles. The Morgan fingerprint density at radius 2 is 1.79 bits per heavy atom. The summed E-state index contributed by atoms with van der Waals surface area (Å²) >= 11 is 0. The number of carbonyl (C=O) groups excluding carboxylic acids is 2. The Bertz CT molecular complexity index is 903. The Balaban J connectivity index is 0.00000137. The summed E-state index contributed by atoms with van der Waals surface area (Å²) in [7, 11) is 1.66. The fraction of sp³-hybridized carbons (Fsp3) is 0.560. The molecule has 190 valence electrons. The van der Waals surface area contributed by atoms with Crippen LogP contribution in [0.3, 0.4) is 0 Å². The van der Waals surface area contributed by atoms with Crippen LogP contribution in [-0.4, -0.2) is 50.8 Å². The van der Waals surface area contributed by atoms with Crippen molar-refractivity contribution >= 4 is 11.8 Å². The maximum atomic E-state index is 14.1. The Labute approximate surface area is 201 Å². The van der Waals surface area contributed by atoms with Crippen LogP contribution in [0.5, 0.6) is 0 Å². The van der Waals surface area contributed by atoms with Gasteiger partial charge in [0.15, 0.2) is 5.82 Å². The molecule has 9 heteroatoms. The summed E-state index contributed by atoms with van der Waals surface area (Å²) in [5.74, 6) is -1.26. The number of nitrogens with zero attached hydrogens (tertiary/aromatic N) is 3. The van der Waals surface area contributed by atoms with Gasteiger partial charge in [0.1, 0.15) is 23.4 Å². The lowest BCUT2D eigenvalue weighted by molar-refractivity contribution is -0.141. The molecule has 2 unspecified atom stereocenters. The van der Waals surface area contributed by atoms with E-state index in [1.54, 1.807) is 31.3 Å². The van der Waals surface area contributed by atoms with Gasteiger partial charge in [0.25, 0.3) is 0 Å². The lowest BCUT2D eigenvalue weighted by Crippen LogP contribution is -2.56. The molecule has 0 saturated carbocycles. The summed E-state index contributed by atoms with van der Waals surface area (Å²) in [6.45, 7) is 11.1. The van der Waals surface area contributed by atoms with Gasteiger partial charge in [-0.25, -0.2) is 8.78 Å². The molecule has 1 aromatic heterocycles. The van der Waals surface area contributed by atoms with Gasteiger partial charge in [0.2, 0.25) is 11.8 Å². The molecule has 2 heterocycles. The number of hydrogen-bond donors (Lipinski definition) is 2. The molecule has 2 aromatic rings. The van der Waals surface area contributed by atoms with E-state index in [2.05, 4.69) is 10.4 Å². The average Bonchev–Trinajstić information content (AvgIpc) is 3.45. The topological polar surface area (TPSA) is 93.2 Å². The third kappa shape index (κ3) is 7.09. The van der Waals surface area contributed by atoms with Crippen molar-refractivity contribution in [2.24, 2.45) is 12.8 Å². The number of alkyl halides is 1. The van der Waals surface area contributed by atoms with E-state index in [1.165, 1.54) is 23.4 Å². The van der Waals surface area contributed by atoms with Gasteiger partial charge in [-0.2, -0.15) is 5.10 Å². The summed E-state index contributed by atoms with van der Waals surface area (Å²) in [4.78, 5) is 26.5. The first-order valence-electron chi connectivity index (χ1n) is 11.9. The van der Waals surface area contributed by atoms with Crippen LogP contribution >= 0.6 is 0 Å². The van der Waals surface area contributed by atoms with E-state index < -0.39 is 29.5 Å². The van der Waals surface area contributed by atoms with Crippen LogP contribution in [0.25, 0.3) is 11.3 Å². The van der Waals surface area contributed by atoms with E-state index in [-0.39, 0.29) is 12.5 Å². The van der Waals surface area contributed by atoms with E-state index in [0.29, 0.717) is 30.6 Å². The average molecular weight is 480 g/mol. The van der Waals surface area contributed by atoms with Crippen molar-refractivity contribution in [2.45, 2.75) is 78.7 Å². The van der Waals surface area contributed by atoms with Crippen LogP contribution < -0.4 is 11.1 Å². The Morgan fingerprint density at radius 1 is 1.21 bits per heavy atom. The summed E-state index contributed by atoms with van der Waals surface area (Å²) < 4.78 is 29.4. The van der Waals surface area contributed by atoms with Gasteiger partial charge in [-0.3, -0.25) is 14.3 Å². The molecule has 3 N–H and O–H groups in total. The Morgan fingerprint density at radius 3 is 2.29 bits per heavy atom. The zero-order valence-corrected chi connectivity index (χ0v) is 21.4. The van der Waals surface area contributed by atoms with Crippen molar-refractivity contribution in [1.82, 2.24) is 20.0 Å². The standard InChI is InChI=1S/C21H27F2N5O2.2C2H6/c1-21(2,23)18(24)20(30)28-10-4-5-16(28)19(29)25-11-13-6-8-14(9-7-13)17-15(22)12-26-27(17)3;2*1-2/h6-9,12,16,18H,4-5,10-11,24H2,1-3H3,(H,25,29);2*1-2H3. The van der Waals surface area contributed by atoms with E-state index in [1.807, 2.05) is 27.7 Å². The van der Waals surface area contributed by atoms with Crippen LogP contribution in [0.2, 0.25) is 0 Å². The molecule has 3 rings (SSSR count). The van der Waals surface area contributed by atoms with Crippen LogP contribution in [0.1, 0.15) is 59.9 Å². The minimum atomic E-state index is -1.87. The molecule has 1 aliphatic rings. The second-order valence-electron chi connectivity index (χ2n) is 8.11. The molecule has 0 spiro atoms. The summed E-state index contributed by atoms with van der Waals surface area (Å²) in [5.41, 5.74) is 5.77. The maximum Gasteiger partial charge on any atom is 0.243 e. The first-order valence-corrected chi connectivity index (χ1v) is 11.9. The van der Waals surface area contributed by atoms with Gasteiger partial charge in [-0.1, -0.05) is 52.0 Å². The molecule has 0 aliphatic carbocycles. The lowest BCUT2D eigenvalue weighted by atomic mass is 10.00. The van der Waals surface area contributed by atoms with Crippen molar-refractivity contribution in [1.29, 1.82) is 0 Å². The molecular formula is C25H39F2N5O2. The summed E-state index contributed by atoms with van der Waals surface area (Å²) in [6.07, 6.45) is 2.33. The second-order valence-corrected chi connectivity index (χ2v) is 8.11. The molecule has 2 amide bonds. The number of aromatic nitrogens is 2. The van der Waals surface area contributed by atoms with Crippen molar-refractivity contribution in [3.63, 3.8) is 0 Å². The number of nitrogens with one attached hydrogen (secondary N) is 1. The van der Waals surface area contributed by atoms with Gasteiger partial charge < -0.3 is 16.0 Å². The van der Waals surface area contributed by atoms with Crippen molar-refractivity contribution in [3.8, 4) is 11.3 Å². The van der Waals surface area contributed by atoms with E-state index in [9.17, 15) is 18.4 Å². The number of aryl methyl sites for hydroxylation is 1. The molecular weight excluding hydrogens is 440 g/mol. The first-order chi connectivity index (χ1) is 16.1. The molecule has 0 radical (unpaired) electrons. The van der Waals surface area contributed by atoms with E-state index in [0.717, 1.165) is 11.8 Å². The van der Waals surface area contributed by atoms with Crippen molar-refractivity contribution in [3.05, 3.63) is 41.8 Å². The van der Waals surface area contributed by atoms with Crippen LogP contribution in [0.15, 0.2) is 30.5 Å². The first kappa shape index (κ1) is 29.2. The van der Waals surface area contributed by atoms with Crippen molar-refractivity contribution in [2.75, 3.05) is 6.54 Å². The SMILES string of the molecule is CC.CC.Cn1ncc(F)c1-c1ccc(CNC(=O)C2CCCN2C(=O)C(N)C(C)(C)F)cc1. The molecule has 1 aliphatic heterocycles. The maximum absolute atomic E-state index is 14.1. The lowest BCUT2D eigenvalue weighted by Gasteiger charge is -2.30. The monoisotopic (exact) mass is 479 g/mol. The molecule has 2 atom stereocenters. The Kier molecular flexibility index (Phi) is 11.3. The number of halogens is 2. The van der Waals surface area contributed by atoms with Crippen LogP contribution in [0, 0.1) is 5.82 Å². The van der Waals surface area contributed by atoms with Crippen LogP contribution in [0.4, 0.5) is 8.78 Å². The van der Waals surface area contributed by atoms with Gasteiger partial charge >= 0.3 is 0 Å². The normalized spacial score (nSPS) is 16.1. The minimum absolute atomic E-state index is 0.256. The number of likely N-dealkylation sites (tertiary alicyclic amines) is 1. The number of carbonyl (C=O) groups is 2. The predicted octanol–water partition coefficient (Wildman–Crippen LogP) is 3.96. The third-order valence-corrected chi connectivity index (χ3v) is 5.43. The highest BCUT2D eigenvalue weighted by Crippen LogP contribution is 2.24. The minimum Gasteiger partial charge on any atom is -0.350 e. The summed E-state index contributed by atoms with van der Waals surface area (Å²) in [5, 5.41) is 6.71. The zero-order valence-electron chi connectivity index (χ0n) is 21.4. The smallest absolute Gasteiger partial charge is 0.243 e. The third-order valence-electron chi connectivity index (χ3n) is 5.43. The van der Waals surface area contributed by atoms with Gasteiger partial charge in [-0.15, -0.1) is 0 Å². The second kappa shape index (κ2) is 13.2. The molecule has 7 nitrogen and oxygen atoms in total. The number of benzene rings is 1. The molecule has 0 bridgehead atoms. The fourth-order valence-electron chi connectivity index (χ4n) is 3.60. The number of hydrogen-bond acceptors (Lipinski definition) is 4. The molecule has 34 heavy (non-hydrogen) atoms. The number of rotatable bonds is 6. The fourth-order valence-corrected chi connectivity index (χ4v) is 3.60. The number of nitrogens with two attached hydrogens (primary N) is 1. The van der Waals surface area contributed by atoms with E-state index >= 15 is 0 Å².